The Hall–Kier alpha value is -4.57. The second-order valence-electron chi connectivity index (χ2n) is 10.2. The van der Waals surface area contributed by atoms with Crippen LogP contribution in [-0.4, -0.2) is 36.1 Å². The second-order valence-corrected chi connectivity index (χ2v) is 11.1. The highest BCUT2D eigenvalue weighted by molar-refractivity contribution is 9.10. The van der Waals surface area contributed by atoms with Gasteiger partial charge >= 0.3 is 0 Å². The smallest absolute Gasteiger partial charge is 0.225 e. The fourth-order valence-corrected chi connectivity index (χ4v) is 5.33. The summed E-state index contributed by atoms with van der Waals surface area (Å²) in [4.78, 5) is 12.6. The number of benzene rings is 3. The van der Waals surface area contributed by atoms with Crippen molar-refractivity contribution in [2.75, 3.05) is 36.0 Å². The zero-order valence-electron chi connectivity index (χ0n) is 23.6. The van der Waals surface area contributed by atoms with Crippen LogP contribution in [0.2, 0.25) is 0 Å². The van der Waals surface area contributed by atoms with E-state index in [9.17, 15) is 8.78 Å². The van der Waals surface area contributed by atoms with Gasteiger partial charge < -0.3 is 19.3 Å². The van der Waals surface area contributed by atoms with Gasteiger partial charge in [0.25, 0.3) is 0 Å². The first-order valence-electron chi connectivity index (χ1n) is 14.1. The fourth-order valence-electron chi connectivity index (χ4n) is 5.02. The van der Waals surface area contributed by atoms with Gasteiger partial charge in [0.2, 0.25) is 11.8 Å². The first-order valence-corrected chi connectivity index (χ1v) is 14.9. The summed E-state index contributed by atoms with van der Waals surface area (Å²) >= 11 is 3.01. The molecule has 2 aromatic heterocycles. The molecule has 6 nitrogen and oxygen atoms in total. The van der Waals surface area contributed by atoms with E-state index in [1.54, 1.807) is 28.1 Å². The lowest BCUT2D eigenvalue weighted by atomic mass is 10.1. The van der Waals surface area contributed by atoms with Gasteiger partial charge in [0.05, 0.1) is 10.2 Å². The number of halogens is 4. The van der Waals surface area contributed by atoms with Gasteiger partial charge in [-0.3, -0.25) is 0 Å². The maximum atomic E-state index is 15.6. The van der Waals surface area contributed by atoms with Crippen molar-refractivity contribution in [2.45, 2.75) is 13.2 Å². The Balaban J connectivity index is 1.20. The Morgan fingerprint density at radius 2 is 1.34 bits per heavy atom. The molecule has 0 saturated carbocycles. The van der Waals surface area contributed by atoms with Gasteiger partial charge in [0.1, 0.15) is 13.2 Å². The molecule has 0 unspecified atom stereocenters. The minimum absolute atomic E-state index is 0.0712. The highest BCUT2D eigenvalue weighted by Gasteiger charge is 2.25. The molecule has 3 heterocycles. The molecule has 0 spiro atoms. The summed E-state index contributed by atoms with van der Waals surface area (Å²) in [5, 5.41) is 0. The highest BCUT2D eigenvalue weighted by atomic mass is 79.9. The quantitative estimate of drug-likeness (QED) is 0.150. The van der Waals surface area contributed by atoms with Gasteiger partial charge in [-0.15, -0.1) is 0 Å². The van der Waals surface area contributed by atoms with Crippen molar-refractivity contribution in [1.82, 2.24) is 9.97 Å². The molecule has 1 aliphatic rings. The van der Waals surface area contributed by atoms with Gasteiger partial charge in [0, 0.05) is 49.6 Å². The third-order valence-corrected chi connectivity index (χ3v) is 7.96. The maximum Gasteiger partial charge on any atom is 0.225 e. The van der Waals surface area contributed by atoms with E-state index in [2.05, 4.69) is 25.9 Å². The van der Waals surface area contributed by atoms with Gasteiger partial charge in [-0.05, 0) is 51.3 Å². The molecular weight excluding hydrogens is 633 g/mol. The van der Waals surface area contributed by atoms with Crippen molar-refractivity contribution < 1.29 is 22.6 Å². The van der Waals surface area contributed by atoms with E-state index in [1.807, 2.05) is 60.7 Å². The Kier molecular flexibility index (Phi) is 8.97. The Bertz CT molecular complexity index is 1740. The Morgan fingerprint density at radius 1 is 0.705 bits per heavy atom. The lowest BCUT2D eigenvalue weighted by Gasteiger charge is -2.37. The van der Waals surface area contributed by atoms with Gasteiger partial charge in [-0.2, -0.15) is 4.98 Å². The molecule has 0 aliphatic carbocycles. The summed E-state index contributed by atoms with van der Waals surface area (Å²) in [6, 6.07) is 27.4. The minimum Gasteiger partial charge on any atom is -0.473 e. The molecule has 0 atom stereocenters. The van der Waals surface area contributed by atoms with Crippen molar-refractivity contribution >= 4 is 27.4 Å². The summed E-state index contributed by atoms with van der Waals surface area (Å²) in [5.74, 6) is -1.47. The topological polar surface area (TPSA) is 50.7 Å². The fraction of sp³-hybridized carbons (Fsp3) is 0.176. The highest BCUT2D eigenvalue weighted by Crippen LogP contribution is 2.34. The predicted molar refractivity (Wildman–Crippen MR) is 167 cm³/mol. The minimum atomic E-state index is -0.925. The molecule has 1 aliphatic heterocycles. The summed E-state index contributed by atoms with van der Waals surface area (Å²) in [7, 11) is 0. The summed E-state index contributed by atoms with van der Waals surface area (Å²) < 4.78 is 56.2. The van der Waals surface area contributed by atoms with Crippen LogP contribution in [0.4, 0.5) is 24.7 Å². The number of anilines is 2. The number of hydrogen-bond acceptors (Lipinski definition) is 6. The van der Waals surface area contributed by atoms with E-state index >= 15 is 4.39 Å². The molecule has 10 heteroatoms. The maximum absolute atomic E-state index is 15.6. The first-order chi connectivity index (χ1) is 21.5. The summed E-state index contributed by atoms with van der Waals surface area (Å²) in [5.41, 5.74) is 3.22. The van der Waals surface area contributed by atoms with Gasteiger partial charge in [-0.1, -0.05) is 60.7 Å². The van der Waals surface area contributed by atoms with Crippen LogP contribution < -0.4 is 19.3 Å². The lowest BCUT2D eigenvalue weighted by Crippen LogP contribution is -2.47. The third-order valence-electron chi connectivity index (χ3n) is 7.35. The molecular formula is C34H28BrF3N4O2. The number of pyridine rings is 2. The van der Waals surface area contributed by atoms with Gasteiger partial charge in [-0.25, -0.2) is 18.2 Å². The summed E-state index contributed by atoms with van der Waals surface area (Å²) in [6.45, 7) is 2.15. The number of nitrogens with zero attached hydrogens (tertiary/aromatic N) is 4. The largest absolute Gasteiger partial charge is 0.473 e. The van der Waals surface area contributed by atoms with E-state index < -0.39 is 17.5 Å². The summed E-state index contributed by atoms with van der Waals surface area (Å²) in [6.07, 6.45) is 1.59. The number of aromatic nitrogens is 2. The normalized spacial score (nSPS) is 13.2. The number of ether oxygens (including phenoxy) is 2. The number of rotatable bonds is 9. The molecule has 44 heavy (non-hydrogen) atoms. The third kappa shape index (κ3) is 6.65. The van der Waals surface area contributed by atoms with Gasteiger partial charge in [0.15, 0.2) is 23.3 Å². The molecule has 5 aromatic rings. The van der Waals surface area contributed by atoms with Crippen LogP contribution >= 0.6 is 15.9 Å². The van der Waals surface area contributed by atoms with Crippen LogP contribution in [0.25, 0.3) is 11.1 Å². The van der Waals surface area contributed by atoms with Crippen molar-refractivity contribution in [2.24, 2.45) is 0 Å². The van der Waals surface area contributed by atoms with E-state index in [0.717, 1.165) is 11.1 Å². The Morgan fingerprint density at radius 3 is 2.00 bits per heavy atom. The number of piperazine rings is 1. The SMILES string of the molecule is Fc1cc(-c2ccc(OCc3ccccc3)nc2OCc2ccccc2)cnc1N1CCN(c2ccc(Br)c(F)c2F)CC1. The van der Waals surface area contributed by atoms with E-state index in [1.165, 1.54) is 18.2 Å². The lowest BCUT2D eigenvalue weighted by molar-refractivity contribution is 0.268. The molecule has 6 rings (SSSR count). The van der Waals surface area contributed by atoms with Crippen molar-refractivity contribution in [1.29, 1.82) is 0 Å². The van der Waals surface area contributed by atoms with Crippen LogP contribution in [0.15, 0.2) is 102 Å². The molecule has 1 saturated heterocycles. The molecule has 0 N–H and O–H groups in total. The monoisotopic (exact) mass is 660 g/mol. The molecule has 0 bridgehead atoms. The Labute approximate surface area is 261 Å². The van der Waals surface area contributed by atoms with Crippen molar-refractivity contribution in [3.63, 3.8) is 0 Å². The average Bonchev–Trinajstić information content (AvgIpc) is 3.06. The predicted octanol–water partition coefficient (Wildman–Crippen LogP) is 7.81. The van der Waals surface area contributed by atoms with E-state index in [4.69, 9.17) is 9.47 Å². The molecule has 3 aromatic carbocycles. The number of hydrogen-bond donors (Lipinski definition) is 0. The van der Waals surface area contributed by atoms with Crippen LogP contribution in [0, 0.1) is 17.5 Å². The van der Waals surface area contributed by atoms with Crippen LogP contribution in [0.3, 0.4) is 0 Å². The van der Waals surface area contributed by atoms with E-state index in [-0.39, 0.29) is 22.6 Å². The van der Waals surface area contributed by atoms with Crippen LogP contribution in [-0.2, 0) is 13.2 Å². The molecule has 1 fully saturated rings. The second kappa shape index (κ2) is 13.4. The van der Waals surface area contributed by atoms with Crippen molar-refractivity contribution in [3.8, 4) is 22.9 Å². The zero-order chi connectivity index (χ0) is 30.5. The van der Waals surface area contributed by atoms with E-state index in [0.29, 0.717) is 55.7 Å². The van der Waals surface area contributed by atoms with Crippen molar-refractivity contribution in [3.05, 3.63) is 130 Å². The standard InChI is InChI=1S/C34H28BrF3N4O2/c35-27-12-13-29(32(38)31(27)37)41-15-17-42(18-16-41)33-28(36)19-25(20-39-33)26-11-14-30(43-21-23-7-3-1-4-8-23)40-34(26)44-22-24-9-5-2-6-10-24/h1-14,19-20H,15-18,21-22H2. The zero-order valence-corrected chi connectivity index (χ0v) is 25.2. The van der Waals surface area contributed by atoms with Crippen LogP contribution in [0.5, 0.6) is 11.8 Å². The molecule has 0 radical (unpaired) electrons. The molecule has 0 amide bonds. The average molecular weight is 662 g/mol. The molecule has 224 valence electrons. The first kappa shape index (κ1) is 29.5. The van der Waals surface area contributed by atoms with Crippen LogP contribution in [0.1, 0.15) is 11.1 Å².